The van der Waals surface area contributed by atoms with Gasteiger partial charge >= 0.3 is 0 Å². The molecule has 0 aliphatic carbocycles. The standard InChI is InChI=1S/C11H19NO2/c1-5-7-8(6-11(2,3)4)10(14)12-9(7)13/h7-8H,5-6H2,1-4H3,(H,12,13,14). The van der Waals surface area contributed by atoms with E-state index in [0.29, 0.717) is 0 Å². The number of imide groups is 1. The normalized spacial score (nSPS) is 28.0. The van der Waals surface area contributed by atoms with Crippen molar-refractivity contribution in [3.8, 4) is 0 Å². The maximum absolute atomic E-state index is 11.5. The first kappa shape index (κ1) is 11.2. The van der Waals surface area contributed by atoms with E-state index >= 15 is 0 Å². The Morgan fingerprint density at radius 1 is 1.14 bits per heavy atom. The lowest BCUT2D eigenvalue weighted by molar-refractivity contribution is -0.126. The van der Waals surface area contributed by atoms with Crippen molar-refractivity contribution in [2.75, 3.05) is 0 Å². The van der Waals surface area contributed by atoms with Gasteiger partial charge in [0, 0.05) is 5.92 Å². The van der Waals surface area contributed by atoms with Crippen LogP contribution >= 0.6 is 0 Å². The molecule has 1 saturated heterocycles. The molecule has 0 spiro atoms. The monoisotopic (exact) mass is 197 g/mol. The van der Waals surface area contributed by atoms with Crippen molar-refractivity contribution in [2.24, 2.45) is 17.3 Å². The quantitative estimate of drug-likeness (QED) is 0.685. The Balaban J connectivity index is 2.75. The van der Waals surface area contributed by atoms with Gasteiger partial charge in [-0.1, -0.05) is 27.7 Å². The summed E-state index contributed by atoms with van der Waals surface area (Å²) in [5, 5.41) is 2.41. The fourth-order valence-electron chi connectivity index (χ4n) is 2.04. The van der Waals surface area contributed by atoms with E-state index in [-0.39, 0.29) is 29.1 Å². The van der Waals surface area contributed by atoms with Crippen LogP contribution in [0.25, 0.3) is 0 Å². The first-order chi connectivity index (χ1) is 6.35. The Bertz CT molecular complexity index is 253. The van der Waals surface area contributed by atoms with Gasteiger partial charge in [-0.3, -0.25) is 14.9 Å². The largest absolute Gasteiger partial charge is 0.296 e. The molecule has 3 nitrogen and oxygen atoms in total. The van der Waals surface area contributed by atoms with E-state index in [1.807, 2.05) is 6.92 Å². The molecule has 0 saturated carbocycles. The second-order valence-electron chi connectivity index (χ2n) is 5.24. The number of carbonyl (C=O) groups excluding carboxylic acids is 2. The minimum absolute atomic E-state index is 0.0863. The number of hydrogen-bond acceptors (Lipinski definition) is 2. The fourth-order valence-corrected chi connectivity index (χ4v) is 2.04. The van der Waals surface area contributed by atoms with Gasteiger partial charge in [-0.2, -0.15) is 0 Å². The van der Waals surface area contributed by atoms with E-state index in [2.05, 4.69) is 26.1 Å². The molecule has 1 rings (SSSR count). The molecule has 3 heteroatoms. The molecule has 2 atom stereocenters. The lowest BCUT2D eigenvalue weighted by Crippen LogP contribution is -2.24. The highest BCUT2D eigenvalue weighted by Crippen LogP contribution is 2.33. The molecule has 0 aromatic rings. The Morgan fingerprint density at radius 3 is 2.07 bits per heavy atom. The number of hydrogen-bond donors (Lipinski definition) is 1. The van der Waals surface area contributed by atoms with Crippen LogP contribution in [0, 0.1) is 17.3 Å². The second kappa shape index (κ2) is 3.71. The van der Waals surface area contributed by atoms with Gasteiger partial charge in [0.15, 0.2) is 0 Å². The molecular weight excluding hydrogens is 178 g/mol. The summed E-state index contributed by atoms with van der Waals surface area (Å²) < 4.78 is 0. The summed E-state index contributed by atoms with van der Waals surface area (Å²) in [7, 11) is 0. The zero-order valence-corrected chi connectivity index (χ0v) is 9.39. The summed E-state index contributed by atoms with van der Waals surface area (Å²) in [5.41, 5.74) is 0.0973. The molecule has 1 aliphatic heterocycles. The summed E-state index contributed by atoms with van der Waals surface area (Å²) in [6.07, 6.45) is 1.53. The van der Waals surface area contributed by atoms with Gasteiger partial charge < -0.3 is 0 Å². The molecule has 1 aliphatic rings. The Kier molecular flexibility index (Phi) is 2.98. The Hall–Kier alpha value is -0.860. The van der Waals surface area contributed by atoms with Crippen LogP contribution < -0.4 is 5.32 Å². The van der Waals surface area contributed by atoms with Crippen LogP contribution in [0.2, 0.25) is 0 Å². The molecule has 80 valence electrons. The predicted octanol–water partition coefficient (Wildman–Crippen LogP) is 1.72. The molecule has 1 N–H and O–H groups in total. The van der Waals surface area contributed by atoms with E-state index in [4.69, 9.17) is 0 Å². The van der Waals surface area contributed by atoms with Gasteiger partial charge in [0.1, 0.15) is 0 Å². The highest BCUT2D eigenvalue weighted by atomic mass is 16.2. The molecule has 0 radical (unpaired) electrons. The van der Waals surface area contributed by atoms with Crippen molar-refractivity contribution in [1.82, 2.24) is 5.32 Å². The SMILES string of the molecule is CCC1C(=O)NC(=O)C1CC(C)(C)C. The molecular formula is C11H19NO2. The second-order valence-corrected chi connectivity index (χ2v) is 5.24. The lowest BCUT2D eigenvalue weighted by Gasteiger charge is -2.23. The number of nitrogens with one attached hydrogen (secondary N) is 1. The first-order valence-electron chi connectivity index (χ1n) is 5.20. The van der Waals surface area contributed by atoms with E-state index in [0.717, 1.165) is 12.8 Å². The predicted molar refractivity (Wildman–Crippen MR) is 54.5 cm³/mol. The molecule has 0 aromatic heterocycles. The average Bonchev–Trinajstić information content (AvgIpc) is 2.24. The third kappa shape index (κ3) is 2.34. The first-order valence-corrected chi connectivity index (χ1v) is 5.20. The van der Waals surface area contributed by atoms with Crippen LogP contribution in [-0.2, 0) is 9.59 Å². The van der Waals surface area contributed by atoms with E-state index in [1.165, 1.54) is 0 Å². The van der Waals surface area contributed by atoms with Crippen molar-refractivity contribution in [3.05, 3.63) is 0 Å². The number of rotatable bonds is 2. The minimum Gasteiger partial charge on any atom is -0.296 e. The lowest BCUT2D eigenvalue weighted by atomic mass is 9.79. The molecule has 2 amide bonds. The summed E-state index contributed by atoms with van der Waals surface area (Å²) in [4.78, 5) is 22.9. The zero-order valence-electron chi connectivity index (χ0n) is 9.39. The topological polar surface area (TPSA) is 46.2 Å². The van der Waals surface area contributed by atoms with E-state index < -0.39 is 0 Å². The highest BCUT2D eigenvalue weighted by molar-refractivity contribution is 6.05. The summed E-state index contributed by atoms with van der Waals surface area (Å²) in [5.74, 6) is -0.405. The van der Waals surface area contributed by atoms with Crippen LogP contribution in [-0.4, -0.2) is 11.8 Å². The van der Waals surface area contributed by atoms with Gasteiger partial charge in [-0.25, -0.2) is 0 Å². The maximum Gasteiger partial charge on any atom is 0.230 e. The average molecular weight is 197 g/mol. The molecule has 1 fully saturated rings. The van der Waals surface area contributed by atoms with Crippen molar-refractivity contribution < 1.29 is 9.59 Å². The molecule has 14 heavy (non-hydrogen) atoms. The van der Waals surface area contributed by atoms with Crippen LogP contribution in [0.4, 0.5) is 0 Å². The molecule has 2 unspecified atom stereocenters. The van der Waals surface area contributed by atoms with Crippen LogP contribution in [0.5, 0.6) is 0 Å². The number of carbonyl (C=O) groups is 2. The molecule has 0 bridgehead atoms. The van der Waals surface area contributed by atoms with E-state index in [9.17, 15) is 9.59 Å². The Labute approximate surface area is 85.3 Å². The maximum atomic E-state index is 11.5. The third-order valence-corrected chi connectivity index (χ3v) is 2.68. The minimum atomic E-state index is -0.118. The smallest absolute Gasteiger partial charge is 0.230 e. The van der Waals surface area contributed by atoms with Crippen molar-refractivity contribution in [2.45, 2.75) is 40.5 Å². The van der Waals surface area contributed by atoms with Crippen molar-refractivity contribution >= 4 is 11.8 Å². The third-order valence-electron chi connectivity index (χ3n) is 2.68. The van der Waals surface area contributed by atoms with Gasteiger partial charge in [-0.05, 0) is 18.3 Å². The van der Waals surface area contributed by atoms with Gasteiger partial charge in [0.05, 0.1) is 5.92 Å². The van der Waals surface area contributed by atoms with Crippen molar-refractivity contribution in [1.29, 1.82) is 0 Å². The summed E-state index contributed by atoms with van der Waals surface area (Å²) >= 11 is 0. The van der Waals surface area contributed by atoms with Crippen molar-refractivity contribution in [3.63, 3.8) is 0 Å². The fraction of sp³-hybridized carbons (Fsp3) is 0.818. The zero-order chi connectivity index (χ0) is 10.9. The highest BCUT2D eigenvalue weighted by Gasteiger charge is 2.41. The van der Waals surface area contributed by atoms with Crippen LogP contribution in [0.3, 0.4) is 0 Å². The number of amides is 2. The van der Waals surface area contributed by atoms with Gasteiger partial charge in [0.25, 0.3) is 0 Å². The summed E-state index contributed by atoms with van der Waals surface area (Å²) in [6, 6.07) is 0. The molecule has 0 aromatic carbocycles. The summed E-state index contributed by atoms with van der Waals surface area (Å²) in [6.45, 7) is 8.24. The van der Waals surface area contributed by atoms with E-state index in [1.54, 1.807) is 0 Å². The van der Waals surface area contributed by atoms with Crippen LogP contribution in [0.15, 0.2) is 0 Å². The molecule has 1 heterocycles. The van der Waals surface area contributed by atoms with Gasteiger partial charge in [0.2, 0.25) is 11.8 Å². The van der Waals surface area contributed by atoms with Gasteiger partial charge in [-0.15, -0.1) is 0 Å². The Morgan fingerprint density at radius 2 is 1.64 bits per heavy atom. The van der Waals surface area contributed by atoms with Crippen LogP contribution in [0.1, 0.15) is 40.5 Å².